The molecule has 60 valence electrons. The summed E-state index contributed by atoms with van der Waals surface area (Å²) in [4.78, 5) is 11.2. The van der Waals surface area contributed by atoms with Crippen LogP contribution in [0.5, 0.6) is 0 Å². The molecule has 0 aliphatic heterocycles. The molecule has 0 radical (unpaired) electrons. The fourth-order valence-corrected chi connectivity index (χ4v) is 1.38. The molecule has 0 saturated carbocycles. The van der Waals surface area contributed by atoms with E-state index in [-0.39, 0.29) is 5.92 Å². The van der Waals surface area contributed by atoms with E-state index in [9.17, 15) is 4.79 Å². The second kappa shape index (κ2) is 4.12. The predicted octanol–water partition coefficient (Wildman–Crippen LogP) is 2.49. The molecule has 0 aromatic heterocycles. The summed E-state index contributed by atoms with van der Waals surface area (Å²) in [6.07, 6.45) is 9.60. The number of rotatable bonds is 3. The molecular weight excluding hydrogens is 136 g/mol. The maximum absolute atomic E-state index is 11.2. The van der Waals surface area contributed by atoms with E-state index in [2.05, 4.69) is 6.58 Å². The molecule has 1 unspecified atom stereocenters. The van der Waals surface area contributed by atoms with Crippen molar-refractivity contribution >= 4 is 5.78 Å². The smallest absolute Gasteiger partial charge is 0.158 e. The van der Waals surface area contributed by atoms with Gasteiger partial charge in [0.05, 0.1) is 0 Å². The second-order valence-electron chi connectivity index (χ2n) is 2.95. The SMILES string of the molecule is C=CCCC1CCC=CC1=O. The number of carbonyl (C=O) groups excluding carboxylic acids is 1. The lowest BCUT2D eigenvalue weighted by atomic mass is 9.89. The molecule has 0 aromatic rings. The molecule has 1 nitrogen and oxygen atoms in total. The number of allylic oxidation sites excluding steroid dienone is 3. The van der Waals surface area contributed by atoms with Gasteiger partial charge in [0.2, 0.25) is 0 Å². The van der Waals surface area contributed by atoms with Crippen molar-refractivity contribution in [1.82, 2.24) is 0 Å². The van der Waals surface area contributed by atoms with Crippen LogP contribution in [0.4, 0.5) is 0 Å². The van der Waals surface area contributed by atoms with E-state index in [1.807, 2.05) is 12.2 Å². The van der Waals surface area contributed by atoms with Crippen LogP contribution in [-0.2, 0) is 4.79 Å². The Balaban J connectivity index is 2.38. The van der Waals surface area contributed by atoms with Crippen molar-refractivity contribution in [3.8, 4) is 0 Å². The highest BCUT2D eigenvalue weighted by Crippen LogP contribution is 2.19. The highest BCUT2D eigenvalue weighted by molar-refractivity contribution is 5.92. The third kappa shape index (κ3) is 2.34. The van der Waals surface area contributed by atoms with E-state index >= 15 is 0 Å². The molecule has 0 fully saturated rings. The highest BCUT2D eigenvalue weighted by Gasteiger charge is 2.16. The minimum atomic E-state index is 0.276. The van der Waals surface area contributed by atoms with Crippen LogP contribution in [0, 0.1) is 5.92 Å². The molecule has 0 spiro atoms. The van der Waals surface area contributed by atoms with Crippen molar-refractivity contribution in [3.05, 3.63) is 24.8 Å². The Morgan fingerprint density at radius 2 is 2.55 bits per heavy atom. The molecule has 0 bridgehead atoms. The Labute approximate surface area is 67.8 Å². The molecule has 1 atom stereocenters. The van der Waals surface area contributed by atoms with E-state index in [1.165, 1.54) is 0 Å². The monoisotopic (exact) mass is 150 g/mol. The van der Waals surface area contributed by atoms with Crippen molar-refractivity contribution < 1.29 is 4.79 Å². The zero-order chi connectivity index (χ0) is 8.10. The molecule has 0 heterocycles. The van der Waals surface area contributed by atoms with Gasteiger partial charge < -0.3 is 0 Å². The van der Waals surface area contributed by atoms with Gasteiger partial charge in [-0.05, 0) is 31.8 Å². The number of ketones is 1. The summed E-state index contributed by atoms with van der Waals surface area (Å²) in [5.74, 6) is 0.580. The minimum Gasteiger partial charge on any atom is -0.295 e. The molecule has 1 rings (SSSR count). The third-order valence-corrected chi connectivity index (χ3v) is 2.09. The Hall–Kier alpha value is -0.850. The largest absolute Gasteiger partial charge is 0.295 e. The lowest BCUT2D eigenvalue weighted by molar-refractivity contribution is -0.118. The summed E-state index contributed by atoms with van der Waals surface area (Å²) in [6.45, 7) is 3.64. The van der Waals surface area contributed by atoms with Gasteiger partial charge in [0, 0.05) is 5.92 Å². The third-order valence-electron chi connectivity index (χ3n) is 2.09. The van der Waals surface area contributed by atoms with Gasteiger partial charge in [-0.15, -0.1) is 6.58 Å². The standard InChI is InChI=1S/C10H14O/c1-2-3-6-9-7-4-5-8-10(9)11/h2,5,8-9H,1,3-4,6-7H2. The van der Waals surface area contributed by atoms with Crippen LogP contribution in [0.3, 0.4) is 0 Å². The van der Waals surface area contributed by atoms with Gasteiger partial charge in [0.15, 0.2) is 5.78 Å². The van der Waals surface area contributed by atoms with Crippen LogP contribution in [-0.4, -0.2) is 5.78 Å². The average Bonchev–Trinajstić information content (AvgIpc) is 2.03. The maximum atomic E-state index is 11.2. The quantitative estimate of drug-likeness (QED) is 0.565. The Morgan fingerprint density at radius 1 is 1.73 bits per heavy atom. The van der Waals surface area contributed by atoms with Gasteiger partial charge in [-0.25, -0.2) is 0 Å². The Kier molecular flexibility index (Phi) is 3.09. The van der Waals surface area contributed by atoms with Crippen molar-refractivity contribution in [2.75, 3.05) is 0 Å². The molecule has 0 amide bonds. The first-order chi connectivity index (χ1) is 5.34. The first-order valence-corrected chi connectivity index (χ1v) is 4.16. The van der Waals surface area contributed by atoms with Crippen molar-refractivity contribution in [3.63, 3.8) is 0 Å². The summed E-state index contributed by atoms with van der Waals surface area (Å²) >= 11 is 0. The van der Waals surface area contributed by atoms with Gasteiger partial charge in [-0.1, -0.05) is 12.2 Å². The lowest BCUT2D eigenvalue weighted by Crippen LogP contribution is -2.14. The molecule has 1 heteroatoms. The Bertz CT molecular complexity index is 179. The second-order valence-corrected chi connectivity index (χ2v) is 2.95. The van der Waals surface area contributed by atoms with Crippen molar-refractivity contribution in [1.29, 1.82) is 0 Å². The van der Waals surface area contributed by atoms with Crippen LogP contribution >= 0.6 is 0 Å². The summed E-state index contributed by atoms with van der Waals surface area (Å²) in [5.41, 5.74) is 0. The van der Waals surface area contributed by atoms with E-state index in [0.717, 1.165) is 25.7 Å². The topological polar surface area (TPSA) is 17.1 Å². The van der Waals surface area contributed by atoms with Crippen LogP contribution < -0.4 is 0 Å². The zero-order valence-corrected chi connectivity index (χ0v) is 6.75. The normalized spacial score (nSPS) is 23.6. The summed E-state index contributed by atoms with van der Waals surface area (Å²) < 4.78 is 0. The zero-order valence-electron chi connectivity index (χ0n) is 6.75. The molecular formula is C10H14O. The van der Waals surface area contributed by atoms with Crippen LogP contribution in [0.1, 0.15) is 25.7 Å². The molecule has 0 aromatic carbocycles. The van der Waals surface area contributed by atoms with Gasteiger partial charge in [0.1, 0.15) is 0 Å². The molecule has 1 aliphatic carbocycles. The average molecular weight is 150 g/mol. The van der Waals surface area contributed by atoms with E-state index in [4.69, 9.17) is 0 Å². The summed E-state index contributed by atoms with van der Waals surface area (Å²) in [6, 6.07) is 0. The first kappa shape index (κ1) is 8.25. The van der Waals surface area contributed by atoms with Crippen LogP contribution in [0.15, 0.2) is 24.8 Å². The van der Waals surface area contributed by atoms with Gasteiger partial charge >= 0.3 is 0 Å². The van der Waals surface area contributed by atoms with Crippen molar-refractivity contribution in [2.24, 2.45) is 5.92 Å². The molecule has 0 N–H and O–H groups in total. The van der Waals surface area contributed by atoms with Crippen LogP contribution in [0.2, 0.25) is 0 Å². The minimum absolute atomic E-state index is 0.276. The fraction of sp³-hybridized carbons (Fsp3) is 0.500. The number of hydrogen-bond donors (Lipinski definition) is 0. The van der Waals surface area contributed by atoms with E-state index < -0.39 is 0 Å². The van der Waals surface area contributed by atoms with Crippen molar-refractivity contribution in [2.45, 2.75) is 25.7 Å². The van der Waals surface area contributed by atoms with Gasteiger partial charge in [-0.2, -0.15) is 0 Å². The number of hydrogen-bond acceptors (Lipinski definition) is 1. The molecule has 11 heavy (non-hydrogen) atoms. The maximum Gasteiger partial charge on any atom is 0.158 e. The fourth-order valence-electron chi connectivity index (χ4n) is 1.38. The van der Waals surface area contributed by atoms with Gasteiger partial charge in [0.25, 0.3) is 0 Å². The highest BCUT2D eigenvalue weighted by atomic mass is 16.1. The molecule has 1 aliphatic rings. The molecule has 0 saturated heterocycles. The Morgan fingerprint density at radius 3 is 3.18 bits per heavy atom. The predicted molar refractivity (Wildman–Crippen MR) is 46.3 cm³/mol. The van der Waals surface area contributed by atoms with Crippen LogP contribution in [0.25, 0.3) is 0 Å². The summed E-state index contributed by atoms with van der Waals surface area (Å²) in [5, 5.41) is 0. The first-order valence-electron chi connectivity index (χ1n) is 4.16. The van der Waals surface area contributed by atoms with Gasteiger partial charge in [-0.3, -0.25) is 4.79 Å². The van der Waals surface area contributed by atoms with E-state index in [0.29, 0.717) is 5.78 Å². The number of carbonyl (C=O) groups is 1. The lowest BCUT2D eigenvalue weighted by Gasteiger charge is -2.14. The van der Waals surface area contributed by atoms with E-state index in [1.54, 1.807) is 6.08 Å². The summed E-state index contributed by atoms with van der Waals surface area (Å²) in [7, 11) is 0.